The molecule has 0 fully saturated rings. The lowest BCUT2D eigenvalue weighted by Gasteiger charge is -2.21. The number of hydrazine groups is 1. The normalized spacial score (nSPS) is 11.9. The number of nitrogens with one attached hydrogen (secondary N) is 1. The average Bonchev–Trinajstić information content (AvgIpc) is 2.46. The van der Waals surface area contributed by atoms with E-state index in [1.54, 1.807) is 12.1 Å². The molecule has 0 spiro atoms. The topological polar surface area (TPSA) is 82.2 Å². The zero-order valence-electron chi connectivity index (χ0n) is 11.4. The number of carbonyl (C=O) groups excluding carboxylic acids is 1. The molecule has 1 amide bonds. The van der Waals surface area contributed by atoms with Gasteiger partial charge in [0.1, 0.15) is 0 Å². The molecule has 0 heterocycles. The number of carbonyl (C=O) groups is 1. The summed E-state index contributed by atoms with van der Waals surface area (Å²) < 4.78 is 0. The molecule has 0 aliphatic rings. The molecule has 0 aromatic heterocycles. The zero-order chi connectivity index (χ0) is 14.3. The van der Waals surface area contributed by atoms with Crippen LogP contribution in [0.5, 0.6) is 0 Å². The predicted molar refractivity (Wildman–Crippen MR) is 73.8 cm³/mol. The second-order valence-electron chi connectivity index (χ2n) is 4.53. The van der Waals surface area contributed by atoms with Crippen molar-refractivity contribution in [2.75, 3.05) is 13.1 Å². The van der Waals surface area contributed by atoms with Crippen LogP contribution in [0.4, 0.5) is 0 Å². The highest BCUT2D eigenvalue weighted by atomic mass is 16.2. The second-order valence-corrected chi connectivity index (χ2v) is 4.53. The molecule has 5 heteroatoms. The van der Waals surface area contributed by atoms with Gasteiger partial charge in [-0.25, -0.2) is 5.84 Å². The highest BCUT2D eigenvalue weighted by molar-refractivity contribution is 5.93. The van der Waals surface area contributed by atoms with Crippen LogP contribution in [0.2, 0.25) is 0 Å². The van der Waals surface area contributed by atoms with Crippen LogP contribution in [0.25, 0.3) is 0 Å². The third-order valence-electron chi connectivity index (χ3n) is 2.95. The molecule has 1 rings (SSSR count). The van der Waals surface area contributed by atoms with Gasteiger partial charge in [-0.1, -0.05) is 19.1 Å². The lowest BCUT2D eigenvalue weighted by atomic mass is 10.1. The lowest BCUT2D eigenvalue weighted by Crippen LogP contribution is -2.30. The number of benzene rings is 1. The first-order chi connectivity index (χ1) is 9.10. The first kappa shape index (κ1) is 15.2. The van der Waals surface area contributed by atoms with Crippen LogP contribution >= 0.6 is 0 Å². The molecule has 0 bridgehead atoms. The van der Waals surface area contributed by atoms with Crippen molar-refractivity contribution >= 4 is 5.91 Å². The van der Waals surface area contributed by atoms with Crippen LogP contribution in [-0.4, -0.2) is 23.9 Å². The Balaban J connectivity index is 2.66. The molecule has 1 unspecified atom stereocenters. The van der Waals surface area contributed by atoms with Crippen molar-refractivity contribution in [1.29, 1.82) is 5.26 Å². The van der Waals surface area contributed by atoms with Crippen LogP contribution in [-0.2, 0) is 6.54 Å². The van der Waals surface area contributed by atoms with Crippen LogP contribution in [0, 0.1) is 17.2 Å². The zero-order valence-corrected chi connectivity index (χ0v) is 11.4. The number of nitrogen functional groups attached to an aromatic ring is 1. The number of rotatable bonds is 6. The van der Waals surface area contributed by atoms with Crippen molar-refractivity contribution in [3.8, 4) is 6.07 Å². The molecule has 1 atom stereocenters. The standard InChI is InChI=1S/C14H20N4O/c1-3-18(9-11(2)8-15)10-12-4-6-13(7-5-12)14(19)17-16/h4-7,11H,3,9-10,16H2,1-2H3,(H,17,19). The molecular weight excluding hydrogens is 240 g/mol. The third kappa shape index (κ3) is 4.70. The molecule has 3 N–H and O–H groups in total. The molecule has 19 heavy (non-hydrogen) atoms. The number of nitrogens with two attached hydrogens (primary N) is 1. The summed E-state index contributed by atoms with van der Waals surface area (Å²) in [6, 6.07) is 9.55. The van der Waals surface area contributed by atoms with E-state index < -0.39 is 0 Å². The Labute approximate surface area is 114 Å². The maximum atomic E-state index is 11.3. The summed E-state index contributed by atoms with van der Waals surface area (Å²) in [5.41, 5.74) is 3.75. The fourth-order valence-electron chi connectivity index (χ4n) is 1.84. The van der Waals surface area contributed by atoms with Crippen molar-refractivity contribution in [3.05, 3.63) is 35.4 Å². The van der Waals surface area contributed by atoms with Gasteiger partial charge >= 0.3 is 0 Å². The van der Waals surface area contributed by atoms with Crippen molar-refractivity contribution in [2.45, 2.75) is 20.4 Å². The molecule has 1 aromatic carbocycles. The number of nitriles is 1. The van der Waals surface area contributed by atoms with E-state index in [9.17, 15) is 4.79 Å². The smallest absolute Gasteiger partial charge is 0.265 e. The third-order valence-corrected chi connectivity index (χ3v) is 2.95. The Bertz CT molecular complexity index is 450. The monoisotopic (exact) mass is 260 g/mol. The van der Waals surface area contributed by atoms with Gasteiger partial charge in [-0.05, 0) is 31.2 Å². The van der Waals surface area contributed by atoms with E-state index in [0.717, 1.165) is 25.2 Å². The largest absolute Gasteiger partial charge is 0.298 e. The van der Waals surface area contributed by atoms with Gasteiger partial charge < -0.3 is 0 Å². The molecule has 0 saturated heterocycles. The quantitative estimate of drug-likeness (QED) is 0.458. The van der Waals surface area contributed by atoms with Gasteiger partial charge in [-0.2, -0.15) is 5.26 Å². The second kappa shape index (κ2) is 7.52. The Morgan fingerprint density at radius 2 is 2.11 bits per heavy atom. The minimum atomic E-state index is -0.294. The fraction of sp³-hybridized carbons (Fsp3) is 0.429. The van der Waals surface area contributed by atoms with Gasteiger partial charge in [0.15, 0.2) is 0 Å². The maximum Gasteiger partial charge on any atom is 0.265 e. The summed E-state index contributed by atoms with van der Waals surface area (Å²) >= 11 is 0. The Kier molecular flexibility index (Phi) is 6.00. The van der Waals surface area contributed by atoms with Crippen molar-refractivity contribution in [2.24, 2.45) is 11.8 Å². The van der Waals surface area contributed by atoms with Crippen molar-refractivity contribution in [3.63, 3.8) is 0 Å². The van der Waals surface area contributed by atoms with E-state index in [1.807, 2.05) is 19.1 Å². The first-order valence-electron chi connectivity index (χ1n) is 6.32. The number of hydrogen-bond acceptors (Lipinski definition) is 4. The average molecular weight is 260 g/mol. The molecule has 0 aliphatic carbocycles. The van der Waals surface area contributed by atoms with Crippen molar-refractivity contribution < 1.29 is 4.79 Å². The minimum absolute atomic E-state index is 0.0160. The van der Waals surface area contributed by atoms with E-state index in [4.69, 9.17) is 11.1 Å². The van der Waals surface area contributed by atoms with Gasteiger partial charge in [-0.15, -0.1) is 0 Å². The highest BCUT2D eigenvalue weighted by Gasteiger charge is 2.09. The highest BCUT2D eigenvalue weighted by Crippen LogP contribution is 2.09. The van der Waals surface area contributed by atoms with Gasteiger partial charge in [0.05, 0.1) is 12.0 Å². The number of amides is 1. The van der Waals surface area contributed by atoms with E-state index in [1.165, 1.54) is 0 Å². The summed E-state index contributed by atoms with van der Waals surface area (Å²) in [6.45, 7) is 6.39. The molecule has 0 saturated carbocycles. The lowest BCUT2D eigenvalue weighted by molar-refractivity contribution is 0.0953. The predicted octanol–water partition coefficient (Wildman–Crippen LogP) is 1.27. The first-order valence-corrected chi connectivity index (χ1v) is 6.32. The summed E-state index contributed by atoms with van der Waals surface area (Å²) in [4.78, 5) is 13.5. The van der Waals surface area contributed by atoms with Crippen LogP contribution in [0.15, 0.2) is 24.3 Å². The summed E-state index contributed by atoms with van der Waals surface area (Å²) in [7, 11) is 0. The van der Waals surface area contributed by atoms with Gasteiger partial charge in [0, 0.05) is 18.7 Å². The minimum Gasteiger partial charge on any atom is -0.298 e. The Hall–Kier alpha value is -1.90. The molecule has 102 valence electrons. The van der Waals surface area contributed by atoms with E-state index in [0.29, 0.717) is 5.56 Å². The van der Waals surface area contributed by atoms with E-state index in [2.05, 4.69) is 23.3 Å². The van der Waals surface area contributed by atoms with Gasteiger partial charge in [0.25, 0.3) is 5.91 Å². The van der Waals surface area contributed by atoms with Crippen LogP contribution in [0.1, 0.15) is 29.8 Å². The molecule has 1 aromatic rings. The van der Waals surface area contributed by atoms with E-state index in [-0.39, 0.29) is 11.8 Å². The maximum absolute atomic E-state index is 11.3. The molecular formula is C14H20N4O. The SMILES string of the molecule is CCN(Cc1ccc(C(=O)NN)cc1)CC(C)C#N. The molecule has 5 nitrogen and oxygen atoms in total. The molecule has 0 aliphatic heterocycles. The Morgan fingerprint density at radius 1 is 1.47 bits per heavy atom. The summed E-state index contributed by atoms with van der Waals surface area (Å²) in [5.74, 6) is 4.80. The Morgan fingerprint density at radius 3 is 2.58 bits per heavy atom. The number of nitrogens with zero attached hydrogens (tertiary/aromatic N) is 2. The van der Waals surface area contributed by atoms with E-state index >= 15 is 0 Å². The van der Waals surface area contributed by atoms with Crippen molar-refractivity contribution in [1.82, 2.24) is 10.3 Å². The fourth-order valence-corrected chi connectivity index (χ4v) is 1.84. The molecule has 0 radical (unpaired) electrons. The van der Waals surface area contributed by atoms with Crippen LogP contribution in [0.3, 0.4) is 0 Å². The number of hydrogen-bond donors (Lipinski definition) is 2. The van der Waals surface area contributed by atoms with Gasteiger partial charge in [-0.3, -0.25) is 15.1 Å². The van der Waals surface area contributed by atoms with Gasteiger partial charge in [0.2, 0.25) is 0 Å². The summed E-state index contributed by atoms with van der Waals surface area (Å²) in [5, 5.41) is 8.84. The summed E-state index contributed by atoms with van der Waals surface area (Å²) in [6.07, 6.45) is 0. The van der Waals surface area contributed by atoms with Crippen LogP contribution < -0.4 is 11.3 Å².